The molecule has 0 aliphatic rings. The second-order valence-corrected chi connectivity index (χ2v) is 4.26. The topological polar surface area (TPSA) is 0 Å². The summed E-state index contributed by atoms with van der Waals surface area (Å²) < 4.78 is 13.7. The molecule has 0 fully saturated rings. The predicted octanol–water partition coefficient (Wildman–Crippen LogP) is 4.70. The summed E-state index contributed by atoms with van der Waals surface area (Å²) in [5.74, 6) is -0.169. The summed E-state index contributed by atoms with van der Waals surface area (Å²) in [7, 11) is 0. The number of alkyl halides is 1. The monoisotopic (exact) mass is 278 g/mol. The van der Waals surface area contributed by atoms with Gasteiger partial charge in [0.05, 0.1) is 0 Å². The SMILES string of the molecule is Cc1c(CBr)cccc1-c1ccccc1F. The summed E-state index contributed by atoms with van der Waals surface area (Å²) in [6, 6.07) is 12.9. The molecule has 2 heteroatoms. The first-order valence-corrected chi connectivity index (χ1v) is 6.25. The number of hydrogen-bond donors (Lipinski definition) is 0. The molecule has 0 nitrogen and oxygen atoms in total. The van der Waals surface area contributed by atoms with E-state index in [1.54, 1.807) is 6.07 Å². The van der Waals surface area contributed by atoms with Gasteiger partial charge >= 0.3 is 0 Å². The lowest BCUT2D eigenvalue weighted by atomic mass is 9.97. The Kier molecular flexibility index (Phi) is 3.39. The Hall–Kier alpha value is -1.15. The second kappa shape index (κ2) is 4.79. The van der Waals surface area contributed by atoms with Crippen molar-refractivity contribution in [3.8, 4) is 11.1 Å². The Bertz CT molecular complexity index is 506. The van der Waals surface area contributed by atoms with Gasteiger partial charge in [-0.3, -0.25) is 0 Å². The van der Waals surface area contributed by atoms with E-state index >= 15 is 0 Å². The van der Waals surface area contributed by atoms with Crippen LogP contribution in [0.25, 0.3) is 11.1 Å². The van der Waals surface area contributed by atoms with Crippen LogP contribution in [0.3, 0.4) is 0 Å². The van der Waals surface area contributed by atoms with Gasteiger partial charge in [-0.15, -0.1) is 0 Å². The van der Waals surface area contributed by atoms with Crippen LogP contribution in [-0.2, 0) is 5.33 Å². The standard InChI is InChI=1S/C14H12BrF/c1-10-11(9-15)5-4-7-12(10)13-6-2-3-8-14(13)16/h2-8H,9H2,1H3. The van der Waals surface area contributed by atoms with Gasteiger partial charge in [-0.1, -0.05) is 52.3 Å². The first kappa shape index (κ1) is 11.3. The molecule has 0 N–H and O–H groups in total. The van der Waals surface area contributed by atoms with Crippen molar-refractivity contribution in [2.75, 3.05) is 0 Å². The summed E-state index contributed by atoms with van der Waals surface area (Å²) in [5.41, 5.74) is 3.96. The van der Waals surface area contributed by atoms with Crippen molar-refractivity contribution in [1.29, 1.82) is 0 Å². The fourth-order valence-electron chi connectivity index (χ4n) is 1.80. The molecule has 0 bridgehead atoms. The zero-order valence-electron chi connectivity index (χ0n) is 9.00. The van der Waals surface area contributed by atoms with Gasteiger partial charge in [0.25, 0.3) is 0 Å². The predicted molar refractivity (Wildman–Crippen MR) is 69.2 cm³/mol. The van der Waals surface area contributed by atoms with Crippen molar-refractivity contribution in [2.45, 2.75) is 12.3 Å². The first-order valence-electron chi connectivity index (χ1n) is 5.13. The zero-order chi connectivity index (χ0) is 11.5. The highest BCUT2D eigenvalue weighted by Crippen LogP contribution is 2.28. The normalized spacial score (nSPS) is 10.4. The summed E-state index contributed by atoms with van der Waals surface area (Å²) in [6.45, 7) is 2.03. The molecule has 0 aromatic heterocycles. The molecule has 0 amide bonds. The smallest absolute Gasteiger partial charge is 0.131 e. The molecule has 2 aromatic rings. The summed E-state index contributed by atoms with van der Waals surface area (Å²) in [4.78, 5) is 0. The molecule has 0 saturated heterocycles. The maximum absolute atomic E-state index is 13.7. The van der Waals surface area contributed by atoms with E-state index < -0.39 is 0 Å². The molecule has 82 valence electrons. The molecular weight excluding hydrogens is 267 g/mol. The lowest BCUT2D eigenvalue weighted by molar-refractivity contribution is 0.631. The van der Waals surface area contributed by atoms with Crippen LogP contribution in [0.2, 0.25) is 0 Å². The minimum atomic E-state index is -0.169. The van der Waals surface area contributed by atoms with Crippen LogP contribution in [0.4, 0.5) is 4.39 Å². The minimum Gasteiger partial charge on any atom is -0.206 e. The van der Waals surface area contributed by atoms with E-state index in [9.17, 15) is 4.39 Å². The van der Waals surface area contributed by atoms with Crippen LogP contribution in [0.5, 0.6) is 0 Å². The Morgan fingerprint density at radius 2 is 1.69 bits per heavy atom. The minimum absolute atomic E-state index is 0.169. The molecule has 0 heterocycles. The van der Waals surface area contributed by atoms with Crippen LogP contribution >= 0.6 is 15.9 Å². The summed E-state index contributed by atoms with van der Waals surface area (Å²) in [5, 5.41) is 0.793. The molecule has 0 radical (unpaired) electrons. The van der Waals surface area contributed by atoms with Gasteiger partial charge in [0.2, 0.25) is 0 Å². The second-order valence-electron chi connectivity index (χ2n) is 3.70. The van der Waals surface area contributed by atoms with Crippen LogP contribution in [-0.4, -0.2) is 0 Å². The van der Waals surface area contributed by atoms with E-state index in [-0.39, 0.29) is 5.82 Å². The van der Waals surface area contributed by atoms with Gasteiger partial charge in [0, 0.05) is 10.9 Å². The molecule has 0 aliphatic carbocycles. The third kappa shape index (κ3) is 2.03. The molecule has 2 rings (SSSR count). The van der Waals surface area contributed by atoms with Gasteiger partial charge in [0.1, 0.15) is 5.82 Å². The third-order valence-corrected chi connectivity index (χ3v) is 3.36. The lowest BCUT2D eigenvalue weighted by Gasteiger charge is -2.10. The van der Waals surface area contributed by atoms with E-state index in [0.29, 0.717) is 5.56 Å². The molecule has 0 spiro atoms. The Morgan fingerprint density at radius 3 is 2.38 bits per heavy atom. The van der Waals surface area contributed by atoms with Crippen LogP contribution in [0, 0.1) is 12.7 Å². The van der Waals surface area contributed by atoms with Crippen molar-refractivity contribution in [2.24, 2.45) is 0 Å². The number of rotatable bonds is 2. The maximum Gasteiger partial charge on any atom is 0.131 e. The van der Waals surface area contributed by atoms with Gasteiger partial charge in [0.15, 0.2) is 0 Å². The molecule has 0 saturated carbocycles. The van der Waals surface area contributed by atoms with Crippen molar-refractivity contribution in [3.05, 3.63) is 59.4 Å². The maximum atomic E-state index is 13.7. The summed E-state index contributed by atoms with van der Waals surface area (Å²) >= 11 is 3.44. The van der Waals surface area contributed by atoms with Crippen molar-refractivity contribution < 1.29 is 4.39 Å². The highest BCUT2D eigenvalue weighted by molar-refractivity contribution is 9.08. The van der Waals surface area contributed by atoms with E-state index in [1.165, 1.54) is 11.6 Å². The quantitative estimate of drug-likeness (QED) is 0.699. The molecule has 0 unspecified atom stereocenters. The number of hydrogen-bond acceptors (Lipinski definition) is 0. The van der Waals surface area contributed by atoms with Gasteiger partial charge in [-0.25, -0.2) is 4.39 Å². The fourth-order valence-corrected chi connectivity index (χ4v) is 2.41. The van der Waals surface area contributed by atoms with Crippen molar-refractivity contribution >= 4 is 15.9 Å². The molecule has 2 aromatic carbocycles. The van der Waals surface area contributed by atoms with Crippen LogP contribution in [0.15, 0.2) is 42.5 Å². The molecule has 16 heavy (non-hydrogen) atoms. The number of benzene rings is 2. The van der Waals surface area contributed by atoms with Crippen LogP contribution < -0.4 is 0 Å². The van der Waals surface area contributed by atoms with Crippen molar-refractivity contribution in [1.82, 2.24) is 0 Å². The number of halogens is 2. The average molecular weight is 279 g/mol. The average Bonchev–Trinajstić information content (AvgIpc) is 2.31. The lowest BCUT2D eigenvalue weighted by Crippen LogP contribution is -1.91. The first-order chi connectivity index (χ1) is 7.74. The molecular formula is C14H12BrF. The van der Waals surface area contributed by atoms with Gasteiger partial charge in [-0.05, 0) is 29.7 Å². The van der Waals surface area contributed by atoms with E-state index in [2.05, 4.69) is 22.0 Å². The molecule has 0 aliphatic heterocycles. The Labute approximate surface area is 103 Å². The highest BCUT2D eigenvalue weighted by Gasteiger charge is 2.08. The Balaban J connectivity index is 2.61. The zero-order valence-corrected chi connectivity index (χ0v) is 10.6. The van der Waals surface area contributed by atoms with E-state index in [4.69, 9.17) is 0 Å². The highest BCUT2D eigenvalue weighted by atomic mass is 79.9. The van der Waals surface area contributed by atoms with Gasteiger partial charge < -0.3 is 0 Å². The third-order valence-electron chi connectivity index (χ3n) is 2.75. The van der Waals surface area contributed by atoms with Crippen LogP contribution in [0.1, 0.15) is 11.1 Å². The Morgan fingerprint density at radius 1 is 1.00 bits per heavy atom. The van der Waals surface area contributed by atoms with E-state index in [1.807, 2.05) is 31.2 Å². The van der Waals surface area contributed by atoms with Gasteiger partial charge in [-0.2, -0.15) is 0 Å². The summed E-state index contributed by atoms with van der Waals surface area (Å²) in [6.07, 6.45) is 0. The fraction of sp³-hybridized carbons (Fsp3) is 0.143. The molecule has 0 atom stereocenters. The van der Waals surface area contributed by atoms with Crippen molar-refractivity contribution in [3.63, 3.8) is 0 Å². The van der Waals surface area contributed by atoms with E-state index in [0.717, 1.165) is 16.5 Å². The largest absolute Gasteiger partial charge is 0.206 e.